The van der Waals surface area contributed by atoms with Gasteiger partial charge in [-0.1, -0.05) is 72.8 Å². The maximum atomic E-state index is 12.6. The zero-order valence-electron chi connectivity index (χ0n) is 14.4. The summed E-state index contributed by atoms with van der Waals surface area (Å²) >= 11 is 0. The first-order valence-electron chi connectivity index (χ1n) is 8.40. The van der Waals surface area contributed by atoms with E-state index >= 15 is 0 Å². The second-order valence-corrected chi connectivity index (χ2v) is 7.81. The molecule has 3 aromatic rings. The number of aliphatic carboxylic acids is 1. The van der Waals surface area contributed by atoms with Crippen LogP contribution in [0.15, 0.2) is 89.8 Å². The molecule has 0 aliphatic heterocycles. The number of sulfonamides is 1. The van der Waals surface area contributed by atoms with Crippen molar-refractivity contribution >= 4 is 16.0 Å². The molecule has 6 heteroatoms. The van der Waals surface area contributed by atoms with Crippen molar-refractivity contribution < 1.29 is 18.3 Å². The van der Waals surface area contributed by atoms with Gasteiger partial charge in [0.25, 0.3) is 0 Å². The first kappa shape index (κ1) is 18.8. The van der Waals surface area contributed by atoms with Crippen LogP contribution in [0.4, 0.5) is 0 Å². The number of benzene rings is 3. The summed E-state index contributed by atoms with van der Waals surface area (Å²) in [7, 11) is -3.95. The minimum atomic E-state index is -3.95. The number of carbonyl (C=O) groups is 1. The molecule has 138 valence electrons. The number of rotatable bonds is 7. The largest absolute Gasteiger partial charge is 0.480 e. The molecule has 2 N–H and O–H groups in total. The molecule has 0 saturated heterocycles. The highest BCUT2D eigenvalue weighted by molar-refractivity contribution is 7.89. The Morgan fingerprint density at radius 1 is 0.815 bits per heavy atom. The predicted octanol–water partition coefficient (Wildman–Crippen LogP) is 3.33. The van der Waals surface area contributed by atoms with Gasteiger partial charge in [0, 0.05) is 0 Å². The van der Waals surface area contributed by atoms with E-state index in [1.807, 2.05) is 36.4 Å². The van der Waals surface area contributed by atoms with Crippen molar-refractivity contribution in [1.29, 1.82) is 0 Å². The quantitative estimate of drug-likeness (QED) is 0.658. The topological polar surface area (TPSA) is 83.5 Å². The Labute approximate surface area is 158 Å². The molecule has 0 aliphatic carbocycles. The maximum Gasteiger partial charge on any atom is 0.322 e. The van der Waals surface area contributed by atoms with Gasteiger partial charge in [-0.2, -0.15) is 4.72 Å². The SMILES string of the molecule is O=C(O)[C@@H](Cc1ccccc1)NS(=O)(=O)c1ccc(-c2ccccc2)cc1. The van der Waals surface area contributed by atoms with Gasteiger partial charge >= 0.3 is 5.97 Å². The van der Waals surface area contributed by atoms with Crippen molar-refractivity contribution in [1.82, 2.24) is 4.72 Å². The monoisotopic (exact) mass is 381 g/mol. The summed E-state index contributed by atoms with van der Waals surface area (Å²) in [5, 5.41) is 9.41. The van der Waals surface area contributed by atoms with Gasteiger partial charge in [-0.25, -0.2) is 8.42 Å². The van der Waals surface area contributed by atoms with Crippen LogP contribution in [0.25, 0.3) is 11.1 Å². The van der Waals surface area contributed by atoms with Gasteiger partial charge in [-0.15, -0.1) is 0 Å². The van der Waals surface area contributed by atoms with Crippen LogP contribution in [0.2, 0.25) is 0 Å². The van der Waals surface area contributed by atoms with E-state index in [1.165, 1.54) is 12.1 Å². The Morgan fingerprint density at radius 3 is 1.89 bits per heavy atom. The normalized spacial score (nSPS) is 12.4. The zero-order chi connectivity index (χ0) is 19.3. The lowest BCUT2D eigenvalue weighted by Crippen LogP contribution is -2.42. The van der Waals surface area contributed by atoms with E-state index in [2.05, 4.69) is 4.72 Å². The number of carboxylic acid groups (broad SMARTS) is 1. The van der Waals surface area contributed by atoms with Crippen LogP contribution in [0.3, 0.4) is 0 Å². The average Bonchev–Trinajstić information content (AvgIpc) is 2.69. The molecule has 0 spiro atoms. The van der Waals surface area contributed by atoms with Crippen LogP contribution < -0.4 is 4.72 Å². The van der Waals surface area contributed by atoms with E-state index in [0.717, 1.165) is 16.7 Å². The Hall–Kier alpha value is -2.96. The molecule has 0 bridgehead atoms. The highest BCUT2D eigenvalue weighted by Gasteiger charge is 2.25. The molecule has 3 rings (SSSR count). The van der Waals surface area contributed by atoms with Gasteiger partial charge < -0.3 is 5.11 Å². The highest BCUT2D eigenvalue weighted by Crippen LogP contribution is 2.21. The second-order valence-electron chi connectivity index (χ2n) is 6.09. The molecule has 0 unspecified atom stereocenters. The Kier molecular flexibility index (Phi) is 5.69. The first-order valence-corrected chi connectivity index (χ1v) is 9.88. The molecule has 5 nitrogen and oxygen atoms in total. The Morgan fingerprint density at radius 2 is 1.33 bits per heavy atom. The standard InChI is InChI=1S/C21H19NO4S/c23-21(24)20(15-16-7-3-1-4-8-16)22-27(25,26)19-13-11-18(12-14-19)17-9-5-2-6-10-17/h1-14,20,22H,15H2,(H,23,24)/t20-/m1/s1. The number of nitrogens with one attached hydrogen (secondary N) is 1. The summed E-state index contributed by atoms with van der Waals surface area (Å²) in [5.41, 5.74) is 2.60. The van der Waals surface area contributed by atoms with E-state index in [-0.39, 0.29) is 11.3 Å². The molecule has 0 radical (unpaired) electrons. The van der Waals surface area contributed by atoms with Crippen molar-refractivity contribution in [2.24, 2.45) is 0 Å². The molecule has 0 aliphatic rings. The summed E-state index contributed by atoms with van der Waals surface area (Å²) in [5.74, 6) is -1.22. The third-order valence-electron chi connectivity index (χ3n) is 4.15. The summed E-state index contributed by atoms with van der Waals surface area (Å²) in [6.45, 7) is 0. The van der Waals surface area contributed by atoms with Crippen molar-refractivity contribution in [3.05, 3.63) is 90.5 Å². The number of hydrogen-bond acceptors (Lipinski definition) is 3. The number of hydrogen-bond donors (Lipinski definition) is 2. The van der Waals surface area contributed by atoms with Gasteiger partial charge in [0.05, 0.1) is 4.90 Å². The van der Waals surface area contributed by atoms with E-state index in [4.69, 9.17) is 0 Å². The predicted molar refractivity (Wildman–Crippen MR) is 104 cm³/mol. The van der Waals surface area contributed by atoms with Gasteiger partial charge in [0.2, 0.25) is 10.0 Å². The summed E-state index contributed by atoms with van der Waals surface area (Å²) in [6.07, 6.45) is 0.0670. The second kappa shape index (κ2) is 8.16. The minimum absolute atomic E-state index is 0.0292. The van der Waals surface area contributed by atoms with E-state index in [0.29, 0.717) is 0 Å². The molecule has 0 heterocycles. The van der Waals surface area contributed by atoms with Crippen LogP contribution in [-0.4, -0.2) is 25.5 Å². The van der Waals surface area contributed by atoms with Crippen molar-refractivity contribution in [2.75, 3.05) is 0 Å². The lowest BCUT2D eigenvalue weighted by molar-refractivity contribution is -0.138. The van der Waals surface area contributed by atoms with Crippen molar-refractivity contribution in [3.8, 4) is 11.1 Å². The molecule has 0 aromatic heterocycles. The van der Waals surface area contributed by atoms with Crippen LogP contribution >= 0.6 is 0 Å². The lowest BCUT2D eigenvalue weighted by Gasteiger charge is -2.15. The van der Waals surface area contributed by atoms with E-state index < -0.39 is 22.0 Å². The molecule has 27 heavy (non-hydrogen) atoms. The summed E-state index contributed by atoms with van der Waals surface area (Å²) < 4.78 is 27.5. The summed E-state index contributed by atoms with van der Waals surface area (Å²) in [4.78, 5) is 11.6. The van der Waals surface area contributed by atoms with Crippen LogP contribution in [0.1, 0.15) is 5.56 Å². The first-order chi connectivity index (χ1) is 13.0. The van der Waals surface area contributed by atoms with Gasteiger partial charge in [0.1, 0.15) is 6.04 Å². The maximum absolute atomic E-state index is 12.6. The van der Waals surface area contributed by atoms with Crippen LogP contribution in [0.5, 0.6) is 0 Å². The summed E-state index contributed by atoms with van der Waals surface area (Å²) in [6, 6.07) is 23.6. The lowest BCUT2D eigenvalue weighted by atomic mass is 10.1. The molecule has 0 amide bonds. The molecule has 0 saturated carbocycles. The minimum Gasteiger partial charge on any atom is -0.480 e. The average molecular weight is 381 g/mol. The van der Waals surface area contributed by atoms with Gasteiger partial charge in [-0.3, -0.25) is 4.79 Å². The van der Waals surface area contributed by atoms with Crippen molar-refractivity contribution in [3.63, 3.8) is 0 Å². The van der Waals surface area contributed by atoms with Crippen LogP contribution in [-0.2, 0) is 21.2 Å². The van der Waals surface area contributed by atoms with E-state index in [1.54, 1.807) is 36.4 Å². The number of carboxylic acids is 1. The van der Waals surface area contributed by atoms with Gasteiger partial charge in [0.15, 0.2) is 0 Å². The fourth-order valence-electron chi connectivity index (χ4n) is 2.74. The molecule has 1 atom stereocenters. The molecular formula is C21H19NO4S. The molecular weight excluding hydrogens is 362 g/mol. The molecule has 3 aromatic carbocycles. The van der Waals surface area contributed by atoms with E-state index in [9.17, 15) is 18.3 Å². The fraction of sp³-hybridized carbons (Fsp3) is 0.0952. The Balaban J connectivity index is 1.79. The Bertz CT molecular complexity index is 1000. The smallest absolute Gasteiger partial charge is 0.322 e. The highest BCUT2D eigenvalue weighted by atomic mass is 32.2. The van der Waals surface area contributed by atoms with Crippen molar-refractivity contribution in [2.45, 2.75) is 17.4 Å². The zero-order valence-corrected chi connectivity index (χ0v) is 15.3. The third-order valence-corrected chi connectivity index (χ3v) is 5.64. The molecule has 0 fully saturated rings. The fourth-order valence-corrected chi connectivity index (χ4v) is 3.93. The van der Waals surface area contributed by atoms with Crippen LogP contribution in [0, 0.1) is 0 Å². The van der Waals surface area contributed by atoms with Gasteiger partial charge in [-0.05, 0) is 35.2 Å². The third kappa shape index (κ3) is 4.81.